The van der Waals surface area contributed by atoms with Crippen LogP contribution in [0.1, 0.15) is 19.4 Å². The van der Waals surface area contributed by atoms with Crippen LogP contribution in [0.2, 0.25) is 0 Å². The van der Waals surface area contributed by atoms with E-state index in [4.69, 9.17) is 10.5 Å². The van der Waals surface area contributed by atoms with Gasteiger partial charge < -0.3 is 0 Å². The molecule has 0 saturated carbocycles. The van der Waals surface area contributed by atoms with E-state index in [1.165, 1.54) is 5.56 Å². The van der Waals surface area contributed by atoms with E-state index < -0.39 is 0 Å². The molecule has 0 amide bonds. The summed E-state index contributed by atoms with van der Waals surface area (Å²) in [6, 6.07) is 10.4. The molecule has 0 radical (unpaired) electrons. The molecule has 0 heterocycles. The summed E-state index contributed by atoms with van der Waals surface area (Å²) in [5.41, 5.74) is 1.31. The molecule has 1 aromatic carbocycles. The molecule has 2 N–H and O–H groups in total. The highest BCUT2D eigenvalue weighted by Gasteiger charge is 2.13. The fourth-order valence-corrected chi connectivity index (χ4v) is 1.10. The molecule has 0 bridgehead atoms. The number of alkyl halides is 1. The minimum atomic E-state index is 0.105. The maximum absolute atomic E-state index is 6.00. The summed E-state index contributed by atoms with van der Waals surface area (Å²) in [7, 11) is 0. The Kier molecular flexibility index (Phi) is 5.13. The molecule has 0 saturated heterocycles. The molecule has 0 aliphatic carbocycles. The first kappa shape index (κ1) is 11.6. The van der Waals surface area contributed by atoms with Gasteiger partial charge in [0.25, 0.3) is 0 Å². The normalized spacial score (nSPS) is 10.1. The minimum Gasteiger partial charge on any atom is -0.255 e. The standard InChI is InChI=1S/C9H11Br.H2O2/c1-9(2,10)8-6-4-3-5-7-8;1-2/h3-7H,1-2H3;1-2H. The van der Waals surface area contributed by atoms with Crippen LogP contribution in [0.3, 0.4) is 0 Å². The molecule has 1 aromatic rings. The molecule has 0 atom stereocenters. The van der Waals surface area contributed by atoms with Crippen molar-refractivity contribution in [3.8, 4) is 0 Å². The van der Waals surface area contributed by atoms with Crippen molar-refractivity contribution >= 4 is 15.9 Å². The van der Waals surface area contributed by atoms with Crippen LogP contribution in [0, 0.1) is 0 Å². The molecule has 0 aromatic heterocycles. The molecule has 3 heteroatoms. The molecule has 12 heavy (non-hydrogen) atoms. The minimum absolute atomic E-state index is 0.105. The zero-order valence-corrected chi connectivity index (χ0v) is 8.75. The Bertz CT molecular complexity index is 204. The third-order valence-corrected chi connectivity index (χ3v) is 1.92. The summed E-state index contributed by atoms with van der Waals surface area (Å²) in [4.78, 5) is 0. The Balaban J connectivity index is 0.000000561. The Hall–Kier alpha value is -0.380. The van der Waals surface area contributed by atoms with Crippen LogP contribution in [0.15, 0.2) is 30.3 Å². The van der Waals surface area contributed by atoms with Gasteiger partial charge in [0.15, 0.2) is 0 Å². The molecule has 1 rings (SSSR count). The fourth-order valence-electron chi connectivity index (χ4n) is 0.834. The largest absolute Gasteiger partial charge is 0.255 e. The first-order valence-electron chi connectivity index (χ1n) is 3.55. The maximum atomic E-state index is 6.00. The Morgan fingerprint density at radius 1 is 1.08 bits per heavy atom. The second-order valence-electron chi connectivity index (χ2n) is 2.84. The first-order valence-corrected chi connectivity index (χ1v) is 4.34. The molecule has 0 spiro atoms. The third kappa shape index (κ3) is 3.85. The van der Waals surface area contributed by atoms with Crippen molar-refractivity contribution in [3.63, 3.8) is 0 Å². The average molecular weight is 233 g/mol. The van der Waals surface area contributed by atoms with Crippen molar-refractivity contribution in [1.82, 2.24) is 0 Å². The van der Waals surface area contributed by atoms with Crippen molar-refractivity contribution < 1.29 is 10.5 Å². The fraction of sp³-hybridized carbons (Fsp3) is 0.333. The van der Waals surface area contributed by atoms with Crippen LogP contribution in [-0.2, 0) is 4.32 Å². The molecule has 68 valence electrons. The van der Waals surface area contributed by atoms with E-state index in [0.29, 0.717) is 0 Å². The monoisotopic (exact) mass is 232 g/mol. The highest BCUT2D eigenvalue weighted by atomic mass is 79.9. The van der Waals surface area contributed by atoms with Gasteiger partial charge in [0.05, 0.1) is 0 Å². The van der Waals surface area contributed by atoms with E-state index in [0.717, 1.165) is 0 Å². The smallest absolute Gasteiger partial charge is 0.0449 e. The van der Waals surface area contributed by atoms with Crippen LogP contribution in [-0.4, -0.2) is 10.5 Å². The number of hydrogen-bond acceptors (Lipinski definition) is 2. The number of rotatable bonds is 1. The van der Waals surface area contributed by atoms with Crippen LogP contribution in [0.25, 0.3) is 0 Å². The van der Waals surface area contributed by atoms with Crippen molar-refractivity contribution in [1.29, 1.82) is 0 Å². The van der Waals surface area contributed by atoms with E-state index in [2.05, 4.69) is 54.0 Å². The van der Waals surface area contributed by atoms with Crippen LogP contribution in [0.4, 0.5) is 0 Å². The third-order valence-electron chi connectivity index (χ3n) is 1.46. The van der Waals surface area contributed by atoms with Crippen molar-refractivity contribution in [2.24, 2.45) is 0 Å². The maximum Gasteiger partial charge on any atom is 0.0449 e. The van der Waals surface area contributed by atoms with Gasteiger partial charge in [-0.1, -0.05) is 46.3 Å². The van der Waals surface area contributed by atoms with Gasteiger partial charge in [-0.25, -0.2) is 0 Å². The topological polar surface area (TPSA) is 40.5 Å². The van der Waals surface area contributed by atoms with Gasteiger partial charge in [0.1, 0.15) is 0 Å². The number of halogens is 1. The number of hydrogen-bond donors (Lipinski definition) is 2. The average Bonchev–Trinajstić information content (AvgIpc) is 2.08. The van der Waals surface area contributed by atoms with Gasteiger partial charge in [-0.2, -0.15) is 0 Å². The van der Waals surface area contributed by atoms with Crippen molar-refractivity contribution in [2.45, 2.75) is 18.2 Å². The Morgan fingerprint density at radius 3 is 1.75 bits per heavy atom. The Labute approximate surface area is 80.9 Å². The molecular weight excluding hydrogens is 220 g/mol. The molecule has 0 aliphatic rings. The molecule has 0 fully saturated rings. The van der Waals surface area contributed by atoms with Gasteiger partial charge in [-0.3, -0.25) is 10.5 Å². The Morgan fingerprint density at radius 2 is 1.50 bits per heavy atom. The van der Waals surface area contributed by atoms with Crippen LogP contribution >= 0.6 is 15.9 Å². The second kappa shape index (κ2) is 5.30. The van der Waals surface area contributed by atoms with Gasteiger partial charge in [-0.15, -0.1) is 0 Å². The van der Waals surface area contributed by atoms with Gasteiger partial charge in [0.2, 0.25) is 0 Å². The summed E-state index contributed by atoms with van der Waals surface area (Å²) in [5, 5.41) is 12.0. The van der Waals surface area contributed by atoms with Crippen molar-refractivity contribution in [3.05, 3.63) is 35.9 Å². The zero-order valence-electron chi connectivity index (χ0n) is 7.16. The van der Waals surface area contributed by atoms with Gasteiger partial charge >= 0.3 is 0 Å². The quantitative estimate of drug-likeness (QED) is 0.443. The molecule has 2 nitrogen and oxygen atoms in total. The summed E-state index contributed by atoms with van der Waals surface area (Å²) < 4.78 is 0.105. The molecule has 0 unspecified atom stereocenters. The zero-order chi connectivity index (χ0) is 9.61. The molecular formula is C9H13BrO2. The van der Waals surface area contributed by atoms with E-state index in [-0.39, 0.29) is 4.32 Å². The lowest BCUT2D eigenvalue weighted by Gasteiger charge is -2.15. The van der Waals surface area contributed by atoms with E-state index >= 15 is 0 Å². The van der Waals surface area contributed by atoms with Crippen LogP contribution in [0.5, 0.6) is 0 Å². The summed E-state index contributed by atoms with van der Waals surface area (Å²) >= 11 is 3.59. The number of benzene rings is 1. The summed E-state index contributed by atoms with van der Waals surface area (Å²) in [6.45, 7) is 4.28. The molecule has 0 aliphatic heterocycles. The summed E-state index contributed by atoms with van der Waals surface area (Å²) in [5.74, 6) is 0. The van der Waals surface area contributed by atoms with E-state index in [1.54, 1.807) is 0 Å². The van der Waals surface area contributed by atoms with Crippen LogP contribution < -0.4 is 0 Å². The highest BCUT2D eigenvalue weighted by molar-refractivity contribution is 9.09. The van der Waals surface area contributed by atoms with Crippen molar-refractivity contribution in [2.75, 3.05) is 0 Å². The lowest BCUT2D eigenvalue weighted by atomic mass is 10.0. The van der Waals surface area contributed by atoms with E-state index in [9.17, 15) is 0 Å². The lowest BCUT2D eigenvalue weighted by molar-refractivity contribution is -0.176. The van der Waals surface area contributed by atoms with Gasteiger partial charge in [-0.05, 0) is 19.4 Å². The first-order chi connectivity index (χ1) is 5.61. The lowest BCUT2D eigenvalue weighted by Crippen LogP contribution is -2.05. The van der Waals surface area contributed by atoms with E-state index in [1.807, 2.05) is 6.07 Å². The SMILES string of the molecule is CC(C)(Br)c1ccccc1.OO. The predicted molar refractivity (Wildman–Crippen MR) is 53.7 cm³/mol. The predicted octanol–water partition coefficient (Wildman–Crippen LogP) is 3.33. The van der Waals surface area contributed by atoms with Gasteiger partial charge in [0, 0.05) is 4.32 Å². The summed E-state index contributed by atoms with van der Waals surface area (Å²) in [6.07, 6.45) is 0. The highest BCUT2D eigenvalue weighted by Crippen LogP contribution is 2.28. The second-order valence-corrected chi connectivity index (χ2v) is 4.82.